The molecule has 3 aromatic rings. The van der Waals surface area contributed by atoms with E-state index in [1.807, 2.05) is 36.4 Å². The first-order valence-corrected chi connectivity index (χ1v) is 10.2. The minimum atomic E-state index is -3.77. The van der Waals surface area contributed by atoms with Crippen LogP contribution >= 0.6 is 0 Å². The number of hydrogen-bond donors (Lipinski definition) is 2. The zero-order chi connectivity index (χ0) is 19.4. The number of fused-ring (bicyclic) bond motifs is 1. The Morgan fingerprint density at radius 2 is 1.74 bits per heavy atom. The average molecular weight is 382 g/mol. The van der Waals surface area contributed by atoms with Gasteiger partial charge >= 0.3 is 0 Å². The second kappa shape index (κ2) is 7.80. The van der Waals surface area contributed by atoms with Crippen LogP contribution < -0.4 is 4.83 Å². The van der Waals surface area contributed by atoms with Gasteiger partial charge in [0.1, 0.15) is 5.75 Å². The summed E-state index contributed by atoms with van der Waals surface area (Å²) < 4.78 is 24.8. The van der Waals surface area contributed by atoms with Gasteiger partial charge in [-0.05, 0) is 46.9 Å². The lowest BCUT2D eigenvalue weighted by Crippen LogP contribution is -2.18. The molecule has 0 saturated carbocycles. The van der Waals surface area contributed by atoms with E-state index in [-0.39, 0.29) is 10.6 Å². The first kappa shape index (κ1) is 18.9. The van der Waals surface area contributed by atoms with Crippen LogP contribution in [0.25, 0.3) is 10.8 Å². The van der Waals surface area contributed by atoms with Crippen LogP contribution in [-0.2, 0) is 16.4 Å². The van der Waals surface area contributed by atoms with Crippen LogP contribution in [0.2, 0.25) is 0 Å². The molecule has 0 aliphatic heterocycles. The molecule has 27 heavy (non-hydrogen) atoms. The summed E-state index contributed by atoms with van der Waals surface area (Å²) in [5.41, 5.74) is 1.55. The first-order valence-electron chi connectivity index (χ1n) is 8.71. The molecule has 0 saturated heterocycles. The summed E-state index contributed by atoms with van der Waals surface area (Å²) in [6.07, 6.45) is 2.22. The molecule has 0 radical (unpaired) electrons. The Morgan fingerprint density at radius 3 is 2.44 bits per heavy atom. The zero-order valence-corrected chi connectivity index (χ0v) is 16.1. The van der Waals surface area contributed by atoms with Crippen LogP contribution in [0.5, 0.6) is 5.75 Å². The zero-order valence-electron chi connectivity index (χ0n) is 15.3. The third-order valence-corrected chi connectivity index (χ3v) is 5.43. The molecular weight excluding hydrogens is 360 g/mol. The van der Waals surface area contributed by atoms with E-state index in [0.29, 0.717) is 11.5 Å². The van der Waals surface area contributed by atoms with Crippen molar-refractivity contribution in [3.63, 3.8) is 0 Å². The molecule has 0 heterocycles. The number of nitrogens with one attached hydrogen (secondary N) is 1. The number of hydrogen-bond acceptors (Lipinski definition) is 4. The second-order valence-corrected chi connectivity index (χ2v) is 8.48. The van der Waals surface area contributed by atoms with Crippen molar-refractivity contribution in [2.75, 3.05) is 0 Å². The molecule has 0 aromatic heterocycles. The van der Waals surface area contributed by atoms with Gasteiger partial charge in [-0.3, -0.25) is 0 Å². The van der Waals surface area contributed by atoms with Crippen LogP contribution in [0.4, 0.5) is 0 Å². The smallest absolute Gasteiger partial charge is 0.276 e. The molecule has 0 aliphatic rings. The normalized spacial score (nSPS) is 12.1. The summed E-state index contributed by atoms with van der Waals surface area (Å²) in [7, 11) is -3.77. The number of aromatic hydroxyl groups is 1. The maximum Gasteiger partial charge on any atom is 0.276 e. The number of sulfonamides is 1. The lowest BCUT2D eigenvalue weighted by atomic mass is 10.0. The highest BCUT2D eigenvalue weighted by Gasteiger charge is 2.13. The van der Waals surface area contributed by atoms with E-state index in [2.05, 4.69) is 23.8 Å². The molecule has 5 nitrogen and oxygen atoms in total. The van der Waals surface area contributed by atoms with E-state index in [1.165, 1.54) is 6.21 Å². The van der Waals surface area contributed by atoms with E-state index in [4.69, 9.17) is 0 Å². The first-order chi connectivity index (χ1) is 12.9. The SMILES string of the molecule is CC(C)Cc1ccc(S(=O)(=O)N/N=C/c2c(O)ccc3ccccc23)cc1. The fourth-order valence-corrected chi connectivity index (χ4v) is 3.70. The number of benzene rings is 3. The molecule has 140 valence electrons. The Balaban J connectivity index is 1.80. The molecule has 0 fully saturated rings. The molecule has 0 atom stereocenters. The fraction of sp³-hybridized carbons (Fsp3) is 0.190. The highest BCUT2D eigenvalue weighted by Crippen LogP contribution is 2.25. The van der Waals surface area contributed by atoms with E-state index >= 15 is 0 Å². The lowest BCUT2D eigenvalue weighted by Gasteiger charge is -2.07. The third kappa shape index (κ3) is 4.46. The van der Waals surface area contributed by atoms with Crippen molar-refractivity contribution in [1.29, 1.82) is 0 Å². The predicted molar refractivity (Wildman–Crippen MR) is 109 cm³/mol. The van der Waals surface area contributed by atoms with E-state index < -0.39 is 10.0 Å². The minimum absolute atomic E-state index is 0.0367. The molecule has 0 aliphatic carbocycles. The largest absolute Gasteiger partial charge is 0.507 e. The number of rotatable bonds is 6. The molecule has 0 bridgehead atoms. The summed E-state index contributed by atoms with van der Waals surface area (Å²) in [6, 6.07) is 17.6. The standard InChI is InChI=1S/C21H22N2O3S/c1-15(2)13-16-7-10-18(11-8-16)27(25,26)23-22-14-20-19-6-4-3-5-17(19)9-12-21(20)24/h3-12,14-15,23-24H,13H2,1-2H3/b22-14+. The lowest BCUT2D eigenvalue weighted by molar-refractivity contribution is 0.475. The van der Waals surface area contributed by atoms with Crippen molar-refractivity contribution in [2.24, 2.45) is 11.0 Å². The van der Waals surface area contributed by atoms with Crippen molar-refractivity contribution < 1.29 is 13.5 Å². The fourth-order valence-electron chi connectivity index (χ4n) is 2.91. The summed E-state index contributed by atoms with van der Waals surface area (Å²) in [4.78, 5) is 2.35. The molecule has 3 rings (SSSR count). The van der Waals surface area contributed by atoms with Crippen LogP contribution in [0.1, 0.15) is 25.0 Å². The molecule has 6 heteroatoms. The molecule has 0 amide bonds. The van der Waals surface area contributed by atoms with Crippen molar-refractivity contribution in [3.8, 4) is 5.75 Å². The number of phenols is 1. The summed E-state index contributed by atoms with van der Waals surface area (Å²) in [5.74, 6) is 0.540. The molecule has 0 unspecified atom stereocenters. The van der Waals surface area contributed by atoms with Gasteiger partial charge in [-0.2, -0.15) is 13.5 Å². The monoisotopic (exact) mass is 382 g/mol. The van der Waals surface area contributed by atoms with Gasteiger partial charge < -0.3 is 5.11 Å². The van der Waals surface area contributed by atoms with Crippen LogP contribution in [0, 0.1) is 5.92 Å². The van der Waals surface area contributed by atoms with Gasteiger partial charge in [0, 0.05) is 5.56 Å². The van der Waals surface area contributed by atoms with Gasteiger partial charge in [-0.1, -0.05) is 56.3 Å². The van der Waals surface area contributed by atoms with Crippen LogP contribution in [-0.4, -0.2) is 19.7 Å². The predicted octanol–water partition coefficient (Wildman–Crippen LogP) is 4.06. The topological polar surface area (TPSA) is 78.8 Å². The number of phenolic OH excluding ortho intramolecular Hbond substituents is 1. The van der Waals surface area contributed by atoms with E-state index in [0.717, 1.165) is 22.8 Å². The summed E-state index contributed by atoms with van der Waals surface area (Å²) in [6.45, 7) is 4.23. The van der Waals surface area contributed by atoms with Gasteiger partial charge in [0.05, 0.1) is 11.1 Å². The van der Waals surface area contributed by atoms with Crippen LogP contribution in [0.15, 0.2) is 70.7 Å². The third-order valence-electron chi connectivity index (χ3n) is 4.19. The average Bonchev–Trinajstić information content (AvgIpc) is 2.63. The number of nitrogens with zero attached hydrogens (tertiary/aromatic N) is 1. The van der Waals surface area contributed by atoms with Gasteiger partial charge in [0.2, 0.25) is 0 Å². The van der Waals surface area contributed by atoms with Gasteiger partial charge in [0.25, 0.3) is 10.0 Å². The Hall–Kier alpha value is -2.86. The maximum atomic E-state index is 12.4. The molecule has 0 spiro atoms. The van der Waals surface area contributed by atoms with Crippen LogP contribution in [0.3, 0.4) is 0 Å². The second-order valence-electron chi connectivity index (χ2n) is 6.81. The Kier molecular flexibility index (Phi) is 5.46. The number of hydrazone groups is 1. The highest BCUT2D eigenvalue weighted by atomic mass is 32.2. The summed E-state index contributed by atoms with van der Waals surface area (Å²) in [5, 5.41) is 15.7. The Morgan fingerprint density at radius 1 is 1.04 bits per heavy atom. The van der Waals surface area contributed by atoms with E-state index in [9.17, 15) is 13.5 Å². The quantitative estimate of drug-likeness (QED) is 0.498. The summed E-state index contributed by atoms with van der Waals surface area (Å²) >= 11 is 0. The molecule has 3 aromatic carbocycles. The van der Waals surface area contributed by atoms with Crippen molar-refractivity contribution in [1.82, 2.24) is 4.83 Å². The van der Waals surface area contributed by atoms with E-state index in [1.54, 1.807) is 24.3 Å². The van der Waals surface area contributed by atoms with Gasteiger partial charge in [0.15, 0.2) is 0 Å². The molecular formula is C21H22N2O3S. The Labute approximate surface area is 159 Å². The molecule has 2 N–H and O–H groups in total. The maximum absolute atomic E-state index is 12.4. The van der Waals surface area contributed by atoms with Crippen molar-refractivity contribution >= 4 is 27.0 Å². The minimum Gasteiger partial charge on any atom is -0.507 e. The van der Waals surface area contributed by atoms with Gasteiger partial charge in [-0.15, -0.1) is 0 Å². The van der Waals surface area contributed by atoms with Crippen molar-refractivity contribution in [3.05, 3.63) is 71.8 Å². The Bertz CT molecular complexity index is 1070. The van der Waals surface area contributed by atoms with Gasteiger partial charge in [-0.25, -0.2) is 4.83 Å². The highest BCUT2D eigenvalue weighted by molar-refractivity contribution is 7.89. The van der Waals surface area contributed by atoms with Crippen molar-refractivity contribution in [2.45, 2.75) is 25.2 Å².